The van der Waals surface area contributed by atoms with Crippen LogP contribution in [-0.4, -0.2) is 51.9 Å². The fourth-order valence-corrected chi connectivity index (χ4v) is 3.94. The number of hydrogen-bond donors (Lipinski definition) is 3. The van der Waals surface area contributed by atoms with Gasteiger partial charge >= 0.3 is 5.97 Å². The molecule has 0 bridgehead atoms. The van der Waals surface area contributed by atoms with Crippen LogP contribution in [0.5, 0.6) is 0 Å². The quantitative estimate of drug-likeness (QED) is 0.170. The third-order valence-corrected chi connectivity index (χ3v) is 5.63. The first-order chi connectivity index (χ1) is 16.4. The zero-order valence-corrected chi connectivity index (χ0v) is 18.3. The average Bonchev–Trinajstić information content (AvgIpc) is 3.37. The van der Waals surface area contributed by atoms with Crippen molar-refractivity contribution in [2.24, 2.45) is 0 Å². The highest BCUT2D eigenvalue weighted by Gasteiger charge is 2.43. The second-order valence-electron chi connectivity index (χ2n) is 7.68. The Kier molecular flexibility index (Phi) is 6.43. The van der Waals surface area contributed by atoms with Gasteiger partial charge in [0.05, 0.1) is 18.2 Å². The summed E-state index contributed by atoms with van der Waals surface area (Å²) in [4.78, 5) is 53.8. The molecular formula is C25H21N3O6. The number of carbonyl (C=O) groups is 4. The summed E-state index contributed by atoms with van der Waals surface area (Å²) in [6.07, 6.45) is 2.13. The van der Waals surface area contributed by atoms with Gasteiger partial charge in [0.25, 0.3) is 11.8 Å². The molecule has 9 nitrogen and oxygen atoms in total. The summed E-state index contributed by atoms with van der Waals surface area (Å²) in [5.74, 6) is 3.57. The van der Waals surface area contributed by atoms with Crippen molar-refractivity contribution < 1.29 is 29.1 Å². The van der Waals surface area contributed by atoms with Gasteiger partial charge in [-0.3, -0.25) is 24.5 Å². The maximum Gasteiger partial charge on any atom is 0.329 e. The van der Waals surface area contributed by atoms with Crippen molar-refractivity contribution in [1.82, 2.24) is 15.4 Å². The van der Waals surface area contributed by atoms with Crippen LogP contribution in [0, 0.1) is 11.8 Å². The molecule has 1 aliphatic heterocycles. The Labute approximate surface area is 194 Å². The van der Waals surface area contributed by atoms with E-state index in [0.29, 0.717) is 11.1 Å². The van der Waals surface area contributed by atoms with Crippen LogP contribution < -0.4 is 5.48 Å². The molecule has 172 valence electrons. The number of benzene rings is 2. The predicted octanol–water partition coefficient (Wildman–Crippen LogP) is 2.19. The van der Waals surface area contributed by atoms with Gasteiger partial charge < -0.3 is 9.72 Å². The van der Waals surface area contributed by atoms with E-state index < -0.39 is 29.7 Å². The number of esters is 1. The second-order valence-corrected chi connectivity index (χ2v) is 7.68. The first kappa shape index (κ1) is 22.8. The summed E-state index contributed by atoms with van der Waals surface area (Å²) in [5.41, 5.74) is 4.27. The first-order valence-corrected chi connectivity index (χ1v) is 10.5. The van der Waals surface area contributed by atoms with Crippen LogP contribution in [0.1, 0.15) is 44.7 Å². The molecule has 34 heavy (non-hydrogen) atoms. The lowest BCUT2D eigenvalue weighted by molar-refractivity contribution is -0.145. The highest BCUT2D eigenvalue weighted by atomic mass is 16.5. The molecule has 0 aliphatic carbocycles. The van der Waals surface area contributed by atoms with Crippen LogP contribution in [0.3, 0.4) is 0 Å². The van der Waals surface area contributed by atoms with Crippen molar-refractivity contribution in [2.75, 3.05) is 7.11 Å². The van der Waals surface area contributed by atoms with E-state index in [0.717, 1.165) is 15.8 Å². The van der Waals surface area contributed by atoms with Crippen molar-refractivity contribution in [1.29, 1.82) is 0 Å². The summed E-state index contributed by atoms with van der Waals surface area (Å²) in [5, 5.41) is 9.32. The normalized spacial score (nSPS) is 13.3. The SMILES string of the molecule is COC(=O)[C@H](Cc1c[nH]c2ccc(C#CCCC(=O)NO)cc12)N1C(=O)c2ccccc2C1=O. The Morgan fingerprint density at radius 2 is 1.85 bits per heavy atom. The molecule has 0 spiro atoms. The lowest BCUT2D eigenvalue weighted by Crippen LogP contribution is -2.46. The number of amides is 3. The molecule has 9 heteroatoms. The first-order valence-electron chi connectivity index (χ1n) is 10.5. The standard InChI is InChI=1S/C25H21N3O6/c1-34-25(32)21(28-23(30)17-7-3-4-8-18(17)24(28)31)13-16-14-26-20-11-10-15(12-19(16)20)6-2-5-9-22(29)27-33/h3-4,7-8,10-12,14,21,26,33H,5,9,13H2,1H3,(H,27,29)/t21-/m0/s1. The summed E-state index contributed by atoms with van der Waals surface area (Å²) >= 11 is 0. The number of aromatic amines is 1. The smallest absolute Gasteiger partial charge is 0.329 e. The van der Waals surface area contributed by atoms with E-state index in [9.17, 15) is 19.2 Å². The fourth-order valence-electron chi connectivity index (χ4n) is 3.94. The Hall–Kier alpha value is -4.42. The Bertz CT molecular complexity index is 1330. The lowest BCUT2D eigenvalue weighted by Gasteiger charge is -2.23. The maximum absolute atomic E-state index is 13.0. The highest BCUT2D eigenvalue weighted by molar-refractivity contribution is 6.22. The van der Waals surface area contributed by atoms with Crippen LogP contribution >= 0.6 is 0 Å². The van der Waals surface area contributed by atoms with Crippen molar-refractivity contribution >= 4 is 34.6 Å². The van der Waals surface area contributed by atoms with Gasteiger partial charge in [-0.05, 0) is 35.9 Å². The number of hydrogen-bond acceptors (Lipinski definition) is 6. The van der Waals surface area contributed by atoms with Crippen LogP contribution in [0.4, 0.5) is 0 Å². The molecule has 4 rings (SSSR count). The summed E-state index contributed by atoms with van der Waals surface area (Å²) in [6, 6.07) is 10.8. The average molecular weight is 459 g/mol. The van der Waals surface area contributed by atoms with Gasteiger partial charge in [0.2, 0.25) is 5.91 Å². The number of imide groups is 1. The number of aromatic nitrogens is 1. The topological polar surface area (TPSA) is 129 Å². The number of methoxy groups -OCH3 is 1. The monoisotopic (exact) mass is 459 g/mol. The number of hydroxylamine groups is 1. The van der Waals surface area contributed by atoms with Crippen molar-refractivity contribution in [3.05, 3.63) is 70.9 Å². The third-order valence-electron chi connectivity index (χ3n) is 5.63. The molecule has 0 saturated heterocycles. The van der Waals surface area contributed by atoms with E-state index in [4.69, 9.17) is 9.94 Å². The molecule has 3 N–H and O–H groups in total. The zero-order chi connectivity index (χ0) is 24.2. The van der Waals surface area contributed by atoms with E-state index in [2.05, 4.69) is 16.8 Å². The lowest BCUT2D eigenvalue weighted by atomic mass is 10.0. The molecule has 1 atom stereocenters. The minimum absolute atomic E-state index is 0.0612. The summed E-state index contributed by atoms with van der Waals surface area (Å²) < 4.78 is 4.93. The number of H-pyrrole nitrogens is 1. The van der Waals surface area contributed by atoms with Crippen molar-refractivity contribution in [2.45, 2.75) is 25.3 Å². The Morgan fingerprint density at radius 1 is 1.15 bits per heavy atom. The number of nitrogens with one attached hydrogen (secondary N) is 2. The molecule has 0 saturated carbocycles. The predicted molar refractivity (Wildman–Crippen MR) is 121 cm³/mol. The molecular weight excluding hydrogens is 438 g/mol. The van der Waals surface area contributed by atoms with Crippen molar-refractivity contribution in [3.63, 3.8) is 0 Å². The zero-order valence-electron chi connectivity index (χ0n) is 18.3. The molecule has 0 fully saturated rings. The van der Waals surface area contributed by atoms with Gasteiger partial charge in [-0.25, -0.2) is 10.3 Å². The van der Waals surface area contributed by atoms with Crippen LogP contribution in [0.15, 0.2) is 48.7 Å². The molecule has 2 heterocycles. The molecule has 2 aromatic carbocycles. The largest absolute Gasteiger partial charge is 0.467 e. The Morgan fingerprint density at radius 3 is 2.50 bits per heavy atom. The van der Waals surface area contributed by atoms with Crippen molar-refractivity contribution in [3.8, 4) is 11.8 Å². The van der Waals surface area contributed by atoms with Gasteiger partial charge in [0, 0.05) is 41.9 Å². The number of carbonyl (C=O) groups excluding carboxylic acids is 4. The molecule has 1 aliphatic rings. The van der Waals surface area contributed by atoms with Crippen LogP contribution in [0.2, 0.25) is 0 Å². The third kappa shape index (κ3) is 4.27. The molecule has 3 aromatic rings. The number of ether oxygens (including phenoxy) is 1. The number of fused-ring (bicyclic) bond motifs is 2. The van der Waals surface area contributed by atoms with E-state index in [1.165, 1.54) is 7.11 Å². The molecule has 1 aromatic heterocycles. The Balaban J connectivity index is 1.62. The van der Waals surface area contributed by atoms with Gasteiger partial charge in [0.15, 0.2) is 0 Å². The number of rotatable bonds is 6. The summed E-state index contributed by atoms with van der Waals surface area (Å²) in [7, 11) is 1.22. The van der Waals surface area contributed by atoms with Gasteiger partial charge in [0.1, 0.15) is 6.04 Å². The maximum atomic E-state index is 13.0. The highest BCUT2D eigenvalue weighted by Crippen LogP contribution is 2.28. The van der Waals surface area contributed by atoms with E-state index >= 15 is 0 Å². The van der Waals surface area contributed by atoms with E-state index in [1.807, 2.05) is 18.2 Å². The number of nitrogens with zero attached hydrogens (tertiary/aromatic N) is 1. The fraction of sp³-hybridized carbons (Fsp3) is 0.200. The molecule has 0 radical (unpaired) electrons. The van der Waals surface area contributed by atoms with E-state index in [-0.39, 0.29) is 30.4 Å². The minimum atomic E-state index is -1.14. The molecule has 3 amide bonds. The van der Waals surface area contributed by atoms with Crippen LogP contribution in [-0.2, 0) is 20.7 Å². The van der Waals surface area contributed by atoms with Crippen LogP contribution in [0.25, 0.3) is 10.9 Å². The minimum Gasteiger partial charge on any atom is -0.467 e. The molecule has 0 unspecified atom stereocenters. The summed E-state index contributed by atoms with van der Waals surface area (Å²) in [6.45, 7) is 0. The van der Waals surface area contributed by atoms with Gasteiger partial charge in [-0.1, -0.05) is 24.0 Å². The van der Waals surface area contributed by atoms with Gasteiger partial charge in [-0.2, -0.15) is 0 Å². The van der Waals surface area contributed by atoms with E-state index in [1.54, 1.807) is 35.9 Å². The second kappa shape index (κ2) is 9.60. The van der Waals surface area contributed by atoms with Gasteiger partial charge in [-0.15, -0.1) is 0 Å².